The van der Waals surface area contributed by atoms with E-state index in [1.54, 1.807) is 22.2 Å². The van der Waals surface area contributed by atoms with Gasteiger partial charge in [0.05, 0.1) is 10.6 Å². The molecule has 0 atom stereocenters. The molecule has 3 aromatic rings. The van der Waals surface area contributed by atoms with Crippen molar-refractivity contribution in [1.29, 1.82) is 0 Å². The van der Waals surface area contributed by atoms with Crippen molar-refractivity contribution in [2.75, 3.05) is 18.4 Å². The Bertz CT molecular complexity index is 877. The van der Waals surface area contributed by atoms with Gasteiger partial charge in [-0.15, -0.1) is 22.7 Å². The number of rotatable bonds is 5. The Kier molecular flexibility index (Phi) is 4.88. The Morgan fingerprint density at radius 1 is 1.38 bits per heavy atom. The Labute approximate surface area is 160 Å². The molecular weight excluding hydrogens is 366 g/mol. The van der Waals surface area contributed by atoms with Gasteiger partial charge in [-0.25, -0.2) is 4.98 Å². The fraction of sp³-hybridized carbons (Fsp3) is 0.389. The van der Waals surface area contributed by atoms with Gasteiger partial charge in [-0.05, 0) is 50.6 Å². The lowest BCUT2D eigenvalue weighted by Gasteiger charge is -2.36. The van der Waals surface area contributed by atoms with Gasteiger partial charge < -0.3 is 5.32 Å². The van der Waals surface area contributed by atoms with Crippen LogP contribution in [0.5, 0.6) is 0 Å². The smallest absolute Gasteiger partial charge is 0.254 e. The minimum absolute atomic E-state index is 0.0379. The molecule has 0 unspecified atom stereocenters. The molecule has 1 aliphatic rings. The zero-order valence-electron chi connectivity index (χ0n) is 14.6. The highest BCUT2D eigenvalue weighted by Gasteiger charge is 2.42. The number of carbonyl (C=O) groups excluding carboxylic acids is 1. The molecule has 136 valence electrons. The minimum atomic E-state index is -0.654. The van der Waals surface area contributed by atoms with Crippen molar-refractivity contribution in [3.8, 4) is 10.6 Å². The fourth-order valence-electron chi connectivity index (χ4n) is 3.29. The molecule has 4 heterocycles. The lowest BCUT2D eigenvalue weighted by Crippen LogP contribution is -2.52. The Hall–Kier alpha value is -2.03. The molecule has 0 saturated carbocycles. The summed E-state index contributed by atoms with van der Waals surface area (Å²) in [5.74, 6) is -0.0379. The van der Waals surface area contributed by atoms with E-state index in [1.165, 1.54) is 16.2 Å². The molecule has 1 fully saturated rings. The lowest BCUT2D eigenvalue weighted by molar-refractivity contribution is -0.126. The third-order valence-electron chi connectivity index (χ3n) is 4.78. The van der Waals surface area contributed by atoms with E-state index >= 15 is 0 Å². The van der Waals surface area contributed by atoms with E-state index < -0.39 is 5.54 Å². The third kappa shape index (κ3) is 3.20. The minimum Gasteiger partial charge on any atom is -0.317 e. The predicted octanol–water partition coefficient (Wildman–Crippen LogP) is 3.35. The van der Waals surface area contributed by atoms with Crippen molar-refractivity contribution in [3.05, 3.63) is 40.8 Å². The van der Waals surface area contributed by atoms with Crippen LogP contribution in [0.2, 0.25) is 0 Å². The number of piperidine rings is 1. The second kappa shape index (κ2) is 7.30. The molecule has 26 heavy (non-hydrogen) atoms. The number of amides is 1. The van der Waals surface area contributed by atoms with Crippen molar-refractivity contribution < 1.29 is 4.79 Å². The highest BCUT2D eigenvalue weighted by molar-refractivity contribution is 7.17. The van der Waals surface area contributed by atoms with Gasteiger partial charge in [0.15, 0.2) is 5.13 Å². The van der Waals surface area contributed by atoms with Gasteiger partial charge in [-0.1, -0.05) is 6.92 Å². The van der Waals surface area contributed by atoms with Gasteiger partial charge in [0.2, 0.25) is 0 Å². The topological polar surface area (TPSA) is 71.8 Å². The second-order valence-electron chi connectivity index (χ2n) is 6.34. The molecule has 0 radical (unpaired) electrons. The predicted molar refractivity (Wildman–Crippen MR) is 106 cm³/mol. The third-order valence-corrected chi connectivity index (χ3v) is 6.79. The van der Waals surface area contributed by atoms with Crippen molar-refractivity contribution in [1.82, 2.24) is 20.1 Å². The van der Waals surface area contributed by atoms with Crippen LogP contribution >= 0.6 is 22.7 Å². The van der Waals surface area contributed by atoms with Crippen LogP contribution in [0.4, 0.5) is 5.13 Å². The average Bonchev–Trinajstić information content (AvgIpc) is 3.42. The molecule has 1 amide bonds. The van der Waals surface area contributed by atoms with Crippen LogP contribution in [0.15, 0.2) is 36.0 Å². The highest BCUT2D eigenvalue weighted by Crippen LogP contribution is 2.33. The molecule has 6 nitrogen and oxygen atoms in total. The summed E-state index contributed by atoms with van der Waals surface area (Å²) in [6.07, 6.45) is 6.04. The summed E-state index contributed by atoms with van der Waals surface area (Å²) < 4.78 is 1.80. The molecule has 0 spiro atoms. The largest absolute Gasteiger partial charge is 0.317 e. The summed E-state index contributed by atoms with van der Waals surface area (Å²) in [7, 11) is 0. The van der Waals surface area contributed by atoms with E-state index in [1.807, 2.05) is 17.6 Å². The van der Waals surface area contributed by atoms with Crippen molar-refractivity contribution in [2.45, 2.75) is 31.7 Å². The molecular formula is C18H21N5OS2. The van der Waals surface area contributed by atoms with Crippen LogP contribution in [0.25, 0.3) is 10.6 Å². The van der Waals surface area contributed by atoms with Gasteiger partial charge in [-0.2, -0.15) is 5.10 Å². The second-order valence-corrected chi connectivity index (χ2v) is 8.37. The van der Waals surface area contributed by atoms with Crippen molar-refractivity contribution in [2.24, 2.45) is 0 Å². The number of carbonyl (C=O) groups is 1. The SMILES string of the molecule is CCc1ccc(-c2csc(NC(=O)C3(n4cccn4)CCNCC3)n2)s1. The first-order valence-corrected chi connectivity index (χ1v) is 10.5. The van der Waals surface area contributed by atoms with E-state index in [0.717, 1.165) is 30.1 Å². The summed E-state index contributed by atoms with van der Waals surface area (Å²) >= 11 is 3.22. The van der Waals surface area contributed by atoms with Gasteiger partial charge in [0.1, 0.15) is 5.54 Å². The summed E-state index contributed by atoms with van der Waals surface area (Å²) in [5.41, 5.74) is 0.271. The molecule has 0 aromatic carbocycles. The molecule has 1 saturated heterocycles. The number of aromatic nitrogens is 3. The molecule has 0 aliphatic carbocycles. The molecule has 2 N–H and O–H groups in total. The van der Waals surface area contributed by atoms with Crippen LogP contribution in [-0.4, -0.2) is 33.8 Å². The average molecular weight is 388 g/mol. The number of thiophene rings is 1. The van der Waals surface area contributed by atoms with Crippen molar-refractivity contribution in [3.63, 3.8) is 0 Å². The first-order valence-electron chi connectivity index (χ1n) is 8.78. The highest BCUT2D eigenvalue weighted by atomic mass is 32.1. The number of nitrogens with one attached hydrogen (secondary N) is 2. The molecule has 4 rings (SSSR count). The molecule has 0 bridgehead atoms. The van der Waals surface area contributed by atoms with Crippen molar-refractivity contribution >= 4 is 33.7 Å². The Morgan fingerprint density at radius 2 is 2.23 bits per heavy atom. The number of hydrogen-bond acceptors (Lipinski definition) is 6. The molecule has 8 heteroatoms. The molecule has 1 aliphatic heterocycles. The Morgan fingerprint density at radius 3 is 2.92 bits per heavy atom. The van der Waals surface area contributed by atoms with Gasteiger partial charge in [0, 0.05) is 22.7 Å². The quantitative estimate of drug-likeness (QED) is 0.704. The normalized spacial score (nSPS) is 16.5. The maximum atomic E-state index is 13.2. The monoisotopic (exact) mass is 387 g/mol. The zero-order chi connectivity index (χ0) is 18.0. The maximum absolute atomic E-state index is 13.2. The molecule has 3 aromatic heterocycles. The maximum Gasteiger partial charge on any atom is 0.254 e. The van der Waals surface area contributed by atoms with E-state index in [4.69, 9.17) is 0 Å². The van der Waals surface area contributed by atoms with E-state index in [-0.39, 0.29) is 5.91 Å². The summed E-state index contributed by atoms with van der Waals surface area (Å²) in [4.78, 5) is 20.3. The zero-order valence-corrected chi connectivity index (χ0v) is 16.2. The first kappa shape index (κ1) is 17.4. The van der Waals surface area contributed by atoms with E-state index in [9.17, 15) is 4.79 Å². The standard InChI is InChI=1S/C18H21N5OS2/c1-2-13-4-5-15(26-13)14-12-25-17(21-14)22-16(24)18(6-9-19-10-7-18)23-11-3-8-20-23/h3-5,8,11-12,19H,2,6-7,9-10H2,1H3,(H,21,22,24). The van der Waals surface area contributed by atoms with Crippen LogP contribution < -0.4 is 10.6 Å². The summed E-state index contributed by atoms with van der Waals surface area (Å²) in [6.45, 7) is 3.74. The fourth-order valence-corrected chi connectivity index (χ4v) is 4.97. The van der Waals surface area contributed by atoms with Crippen LogP contribution in [-0.2, 0) is 16.8 Å². The lowest BCUT2D eigenvalue weighted by atomic mass is 9.87. The number of thiazole rings is 1. The first-order chi connectivity index (χ1) is 12.7. The number of hydrogen-bond donors (Lipinski definition) is 2. The van der Waals surface area contributed by atoms with E-state index in [2.05, 4.69) is 39.8 Å². The summed E-state index contributed by atoms with van der Waals surface area (Å²) in [5, 5.41) is 13.4. The Balaban J connectivity index is 1.55. The van der Waals surface area contributed by atoms with Gasteiger partial charge in [-0.3, -0.25) is 14.8 Å². The van der Waals surface area contributed by atoms with Crippen LogP contribution in [0.1, 0.15) is 24.6 Å². The van der Waals surface area contributed by atoms with Gasteiger partial charge >= 0.3 is 0 Å². The van der Waals surface area contributed by atoms with Crippen LogP contribution in [0, 0.1) is 0 Å². The number of aryl methyl sites for hydroxylation is 1. The van der Waals surface area contributed by atoms with Crippen LogP contribution in [0.3, 0.4) is 0 Å². The van der Waals surface area contributed by atoms with Gasteiger partial charge in [0.25, 0.3) is 5.91 Å². The number of nitrogens with zero attached hydrogens (tertiary/aromatic N) is 3. The van der Waals surface area contributed by atoms with E-state index in [0.29, 0.717) is 18.0 Å². The summed E-state index contributed by atoms with van der Waals surface area (Å²) in [6, 6.07) is 6.10. The number of anilines is 1.